The van der Waals surface area contributed by atoms with Crippen LogP contribution in [0.4, 0.5) is 4.79 Å². The number of aromatic nitrogens is 2. The average molecular weight is 351 g/mol. The molecule has 0 saturated carbocycles. The molecule has 0 aromatic carbocycles. The molecule has 1 amide bonds. The first-order valence-corrected chi connectivity index (χ1v) is 9.45. The van der Waals surface area contributed by atoms with Gasteiger partial charge in [-0.25, -0.2) is 4.79 Å². The van der Waals surface area contributed by atoms with Gasteiger partial charge in [-0.3, -0.25) is 0 Å². The minimum atomic E-state index is -0.274. The minimum Gasteiger partial charge on any atom is -0.476 e. The SMILES string of the molecule is CCCCCCOc1nsnc1C1CC2C=CC1N(C(=O)OC)C2. The maximum absolute atomic E-state index is 12.0. The Balaban J connectivity index is 1.67. The first-order valence-electron chi connectivity index (χ1n) is 8.72. The molecule has 0 spiro atoms. The molecule has 3 aliphatic rings. The average Bonchev–Trinajstić information content (AvgIpc) is 3.09. The zero-order chi connectivity index (χ0) is 16.9. The largest absolute Gasteiger partial charge is 0.476 e. The molecule has 1 aromatic rings. The maximum Gasteiger partial charge on any atom is 0.410 e. The molecule has 24 heavy (non-hydrogen) atoms. The molecule has 0 N–H and O–H groups in total. The van der Waals surface area contributed by atoms with E-state index in [0.29, 0.717) is 18.4 Å². The fourth-order valence-electron chi connectivity index (χ4n) is 3.58. The number of nitrogens with zero attached hydrogens (tertiary/aromatic N) is 3. The molecule has 1 aliphatic carbocycles. The van der Waals surface area contributed by atoms with Gasteiger partial charge in [-0.1, -0.05) is 38.3 Å². The van der Waals surface area contributed by atoms with Crippen molar-refractivity contribution >= 4 is 17.8 Å². The van der Waals surface area contributed by atoms with Crippen molar-refractivity contribution in [1.82, 2.24) is 13.6 Å². The van der Waals surface area contributed by atoms with Gasteiger partial charge >= 0.3 is 6.09 Å². The van der Waals surface area contributed by atoms with Gasteiger partial charge in [0, 0.05) is 12.5 Å². The quantitative estimate of drug-likeness (QED) is 0.555. The van der Waals surface area contributed by atoms with Gasteiger partial charge in [-0.15, -0.1) is 4.37 Å². The fraction of sp³-hybridized carbons (Fsp3) is 0.706. The zero-order valence-corrected chi connectivity index (χ0v) is 15.1. The van der Waals surface area contributed by atoms with Crippen molar-refractivity contribution in [3.63, 3.8) is 0 Å². The third-order valence-corrected chi connectivity index (χ3v) is 5.35. The summed E-state index contributed by atoms with van der Waals surface area (Å²) in [4.78, 5) is 13.8. The number of carbonyl (C=O) groups excluding carboxylic acids is 1. The van der Waals surface area contributed by atoms with E-state index in [-0.39, 0.29) is 18.1 Å². The number of piperidine rings is 1. The van der Waals surface area contributed by atoms with Crippen LogP contribution < -0.4 is 4.74 Å². The van der Waals surface area contributed by atoms with E-state index in [1.54, 1.807) is 4.90 Å². The number of methoxy groups -OCH3 is 1. The summed E-state index contributed by atoms with van der Waals surface area (Å²) in [5, 5.41) is 0. The van der Waals surface area contributed by atoms with Gasteiger partial charge in [0.2, 0.25) is 5.88 Å². The van der Waals surface area contributed by atoms with Gasteiger partial charge in [0.05, 0.1) is 31.5 Å². The minimum absolute atomic E-state index is 0.0196. The molecule has 3 atom stereocenters. The molecule has 0 radical (unpaired) electrons. The third-order valence-electron chi connectivity index (χ3n) is 4.82. The Morgan fingerprint density at radius 3 is 2.96 bits per heavy atom. The predicted molar refractivity (Wildman–Crippen MR) is 92.4 cm³/mol. The Morgan fingerprint density at radius 2 is 2.21 bits per heavy atom. The van der Waals surface area contributed by atoms with Gasteiger partial charge in [-0.2, -0.15) is 4.37 Å². The fourth-order valence-corrected chi connectivity index (χ4v) is 4.14. The number of rotatable bonds is 7. The first-order chi connectivity index (χ1) is 11.7. The number of hydrogen-bond acceptors (Lipinski definition) is 6. The summed E-state index contributed by atoms with van der Waals surface area (Å²) in [6.07, 6.45) is 9.67. The van der Waals surface area contributed by atoms with Crippen LogP contribution in [-0.4, -0.2) is 46.0 Å². The highest BCUT2D eigenvalue weighted by Crippen LogP contribution is 2.42. The summed E-state index contributed by atoms with van der Waals surface area (Å²) in [5.74, 6) is 1.13. The van der Waals surface area contributed by atoms with Crippen LogP contribution in [0.1, 0.15) is 50.6 Å². The second kappa shape index (κ2) is 7.96. The van der Waals surface area contributed by atoms with Crippen molar-refractivity contribution in [3.8, 4) is 5.88 Å². The monoisotopic (exact) mass is 351 g/mol. The summed E-state index contributed by atoms with van der Waals surface area (Å²) >= 11 is 1.19. The van der Waals surface area contributed by atoms with Crippen molar-refractivity contribution < 1.29 is 14.3 Å². The van der Waals surface area contributed by atoms with Crippen LogP contribution in [0.25, 0.3) is 0 Å². The van der Waals surface area contributed by atoms with E-state index >= 15 is 0 Å². The van der Waals surface area contributed by atoms with Crippen LogP contribution in [0.15, 0.2) is 12.2 Å². The second-order valence-corrected chi connectivity index (χ2v) is 6.99. The molecule has 7 heteroatoms. The molecule has 132 valence electrons. The number of fused-ring (bicyclic) bond motifs is 2. The molecule has 4 rings (SSSR count). The molecule has 1 aromatic heterocycles. The Morgan fingerprint density at radius 1 is 1.33 bits per heavy atom. The molecule has 3 heterocycles. The van der Waals surface area contributed by atoms with Gasteiger partial charge in [0.1, 0.15) is 5.69 Å². The normalized spacial score (nSPS) is 25.1. The lowest BCUT2D eigenvalue weighted by Gasteiger charge is -2.44. The Hall–Kier alpha value is -1.63. The lowest BCUT2D eigenvalue weighted by atomic mass is 9.76. The highest BCUT2D eigenvalue weighted by Gasteiger charge is 2.43. The van der Waals surface area contributed by atoms with Gasteiger partial charge in [-0.05, 0) is 18.8 Å². The third kappa shape index (κ3) is 3.55. The number of unbranched alkanes of at least 4 members (excludes halogenated alkanes) is 3. The van der Waals surface area contributed by atoms with Crippen LogP contribution in [0.3, 0.4) is 0 Å². The molecule has 6 nitrogen and oxygen atoms in total. The van der Waals surface area contributed by atoms with Crippen molar-refractivity contribution in [1.29, 1.82) is 0 Å². The highest BCUT2D eigenvalue weighted by atomic mass is 32.1. The molecular formula is C17H25N3O3S. The number of amides is 1. The van der Waals surface area contributed by atoms with E-state index in [9.17, 15) is 4.79 Å². The topological polar surface area (TPSA) is 64.6 Å². The molecule has 2 bridgehead atoms. The van der Waals surface area contributed by atoms with Crippen LogP contribution >= 0.6 is 11.7 Å². The van der Waals surface area contributed by atoms with Gasteiger partial charge in [0.25, 0.3) is 0 Å². The molecule has 1 saturated heterocycles. The van der Waals surface area contributed by atoms with Crippen LogP contribution in [-0.2, 0) is 4.74 Å². The lowest BCUT2D eigenvalue weighted by molar-refractivity contribution is 0.0761. The second-order valence-electron chi connectivity index (χ2n) is 6.46. The standard InChI is InChI=1S/C17H25N3O3S/c1-3-4-5-6-9-23-16-15(18-24-19-16)13-10-12-7-8-14(13)20(11-12)17(21)22-2/h7-8,12-14H,3-6,9-11H2,1-2H3. The van der Waals surface area contributed by atoms with E-state index in [1.807, 2.05) is 0 Å². The number of hydrogen-bond donors (Lipinski definition) is 0. The summed E-state index contributed by atoms with van der Waals surface area (Å²) in [7, 11) is 1.43. The van der Waals surface area contributed by atoms with Crippen LogP contribution in [0.2, 0.25) is 0 Å². The summed E-state index contributed by atoms with van der Waals surface area (Å²) in [6.45, 7) is 3.59. The maximum atomic E-state index is 12.0. The number of carbonyl (C=O) groups is 1. The molecule has 1 fully saturated rings. The highest BCUT2D eigenvalue weighted by molar-refractivity contribution is 6.99. The molecule has 2 aliphatic heterocycles. The van der Waals surface area contributed by atoms with E-state index in [1.165, 1.54) is 38.1 Å². The number of ether oxygens (including phenoxy) is 2. The lowest BCUT2D eigenvalue weighted by Crippen LogP contribution is -2.52. The van der Waals surface area contributed by atoms with Crippen LogP contribution in [0, 0.1) is 5.92 Å². The smallest absolute Gasteiger partial charge is 0.410 e. The van der Waals surface area contributed by atoms with E-state index in [4.69, 9.17) is 9.47 Å². The summed E-state index contributed by atoms with van der Waals surface area (Å²) in [5.41, 5.74) is 0.892. The van der Waals surface area contributed by atoms with Crippen molar-refractivity contribution in [2.45, 2.75) is 51.0 Å². The van der Waals surface area contributed by atoms with Crippen molar-refractivity contribution in [2.24, 2.45) is 5.92 Å². The van der Waals surface area contributed by atoms with Crippen molar-refractivity contribution in [2.75, 3.05) is 20.3 Å². The summed E-state index contributed by atoms with van der Waals surface area (Å²) < 4.78 is 19.6. The predicted octanol–water partition coefficient (Wildman–Crippen LogP) is 3.61. The first kappa shape index (κ1) is 17.2. The Bertz CT molecular complexity index is 589. The molecule has 3 unspecified atom stereocenters. The zero-order valence-electron chi connectivity index (χ0n) is 14.3. The Labute approximate surface area is 147 Å². The van der Waals surface area contributed by atoms with E-state index in [2.05, 4.69) is 27.8 Å². The Kier molecular flexibility index (Phi) is 5.71. The van der Waals surface area contributed by atoms with Gasteiger partial charge < -0.3 is 14.4 Å². The summed E-state index contributed by atoms with van der Waals surface area (Å²) in [6, 6.07) is -0.0196. The van der Waals surface area contributed by atoms with E-state index < -0.39 is 0 Å². The van der Waals surface area contributed by atoms with Gasteiger partial charge in [0.15, 0.2) is 0 Å². The van der Waals surface area contributed by atoms with E-state index in [0.717, 1.165) is 25.1 Å². The van der Waals surface area contributed by atoms with Crippen molar-refractivity contribution in [3.05, 3.63) is 17.8 Å². The van der Waals surface area contributed by atoms with Crippen LogP contribution in [0.5, 0.6) is 5.88 Å². The molecular weight excluding hydrogens is 326 g/mol.